The first-order valence-electron chi connectivity index (χ1n) is 4.68. The number of aliphatic hydroxyl groups is 1. The van der Waals surface area contributed by atoms with Gasteiger partial charge in [0.05, 0.1) is 31.0 Å². The van der Waals surface area contributed by atoms with E-state index in [0.717, 1.165) is 0 Å². The highest BCUT2D eigenvalue weighted by Crippen LogP contribution is 2.24. The van der Waals surface area contributed by atoms with E-state index in [2.05, 4.69) is 4.98 Å². The van der Waals surface area contributed by atoms with E-state index in [-0.39, 0.29) is 18.9 Å². The summed E-state index contributed by atoms with van der Waals surface area (Å²) < 4.78 is 12.7. The first-order chi connectivity index (χ1) is 7.08. The minimum absolute atomic E-state index is 0.122. The normalized spacial score (nSPS) is 21.1. The van der Waals surface area contributed by atoms with E-state index in [1.165, 1.54) is 17.2 Å². The first-order valence-corrected chi connectivity index (χ1v) is 4.68. The molecule has 0 aliphatic carbocycles. The minimum Gasteiger partial charge on any atom is -0.391 e. The average molecular weight is 210 g/mol. The van der Waals surface area contributed by atoms with Crippen LogP contribution in [0.3, 0.4) is 0 Å². The summed E-state index contributed by atoms with van der Waals surface area (Å²) in [4.78, 5) is 16.4. The lowest BCUT2D eigenvalue weighted by Crippen LogP contribution is -2.26. The highest BCUT2D eigenvalue weighted by atomic mass is 19.1. The van der Waals surface area contributed by atoms with Gasteiger partial charge < -0.3 is 10.0 Å². The Kier molecular flexibility index (Phi) is 2.40. The Labute approximate surface area is 86.4 Å². The molecule has 1 amide bonds. The second-order valence-corrected chi connectivity index (χ2v) is 3.66. The quantitative estimate of drug-likeness (QED) is 0.691. The lowest BCUT2D eigenvalue weighted by atomic mass is 10.2. The van der Waals surface area contributed by atoms with Gasteiger partial charge in [-0.25, -0.2) is 4.98 Å². The zero-order valence-corrected chi connectivity index (χ0v) is 8.27. The molecule has 1 N–H and O–H groups in total. The van der Waals surface area contributed by atoms with Crippen molar-refractivity contribution in [2.24, 2.45) is 0 Å². The van der Waals surface area contributed by atoms with E-state index < -0.39 is 12.1 Å². The van der Waals surface area contributed by atoms with Crippen LogP contribution < -0.4 is 4.90 Å². The standard InChI is InChI=1S/C10H11FN2O2/c1-6-2-9(11)12-4-8(6)13-5-7(14)3-10(13)15/h2,4,7,14H,3,5H2,1H3. The zero-order valence-electron chi connectivity index (χ0n) is 8.27. The molecule has 4 nitrogen and oxygen atoms in total. The van der Waals surface area contributed by atoms with Crippen molar-refractivity contribution in [3.8, 4) is 0 Å². The lowest BCUT2D eigenvalue weighted by molar-refractivity contribution is -0.117. The Morgan fingerprint density at radius 3 is 2.93 bits per heavy atom. The Morgan fingerprint density at radius 1 is 1.67 bits per heavy atom. The van der Waals surface area contributed by atoms with Crippen molar-refractivity contribution >= 4 is 11.6 Å². The summed E-state index contributed by atoms with van der Waals surface area (Å²) in [6.45, 7) is 1.96. The summed E-state index contributed by atoms with van der Waals surface area (Å²) in [5, 5.41) is 9.32. The molecule has 15 heavy (non-hydrogen) atoms. The molecule has 2 rings (SSSR count). The third-order valence-corrected chi connectivity index (χ3v) is 2.45. The third kappa shape index (κ3) is 1.83. The van der Waals surface area contributed by atoms with Crippen molar-refractivity contribution in [3.63, 3.8) is 0 Å². The number of halogens is 1. The molecule has 0 bridgehead atoms. The van der Waals surface area contributed by atoms with Crippen LogP contribution in [-0.4, -0.2) is 28.6 Å². The molecule has 2 heterocycles. The summed E-state index contributed by atoms with van der Waals surface area (Å²) in [5.74, 6) is -0.720. The van der Waals surface area contributed by atoms with Crippen molar-refractivity contribution in [1.82, 2.24) is 4.98 Å². The largest absolute Gasteiger partial charge is 0.391 e. The minimum atomic E-state index is -0.637. The van der Waals surface area contributed by atoms with E-state index in [1.54, 1.807) is 6.92 Å². The van der Waals surface area contributed by atoms with Crippen molar-refractivity contribution in [2.45, 2.75) is 19.4 Å². The maximum atomic E-state index is 12.7. The van der Waals surface area contributed by atoms with Crippen LogP contribution in [0.4, 0.5) is 10.1 Å². The number of hydrogen-bond acceptors (Lipinski definition) is 3. The fourth-order valence-corrected chi connectivity index (χ4v) is 1.72. The summed E-state index contributed by atoms with van der Waals surface area (Å²) in [6, 6.07) is 1.27. The molecule has 0 radical (unpaired) electrons. The number of carbonyl (C=O) groups excluding carboxylic acids is 1. The van der Waals surface area contributed by atoms with Crippen molar-refractivity contribution in [3.05, 3.63) is 23.8 Å². The van der Waals surface area contributed by atoms with Crippen LogP contribution in [0.2, 0.25) is 0 Å². The Balaban J connectivity index is 2.34. The summed E-state index contributed by atoms with van der Waals surface area (Å²) in [7, 11) is 0. The van der Waals surface area contributed by atoms with Gasteiger partial charge in [-0.3, -0.25) is 4.79 Å². The van der Waals surface area contributed by atoms with Crippen LogP contribution in [0.1, 0.15) is 12.0 Å². The molecular formula is C10H11FN2O2. The molecule has 1 aliphatic heterocycles. The number of aromatic nitrogens is 1. The smallest absolute Gasteiger partial charge is 0.229 e. The molecular weight excluding hydrogens is 199 g/mol. The van der Waals surface area contributed by atoms with Gasteiger partial charge in [-0.2, -0.15) is 4.39 Å². The van der Waals surface area contributed by atoms with E-state index in [4.69, 9.17) is 0 Å². The van der Waals surface area contributed by atoms with Crippen molar-refractivity contribution in [1.29, 1.82) is 0 Å². The summed E-state index contributed by atoms with van der Waals surface area (Å²) >= 11 is 0. The Bertz CT molecular complexity index is 408. The SMILES string of the molecule is Cc1cc(F)ncc1N1CC(O)CC1=O. The summed E-state index contributed by atoms with van der Waals surface area (Å²) in [5.41, 5.74) is 1.21. The van der Waals surface area contributed by atoms with Crippen LogP contribution in [0.15, 0.2) is 12.3 Å². The van der Waals surface area contributed by atoms with Gasteiger partial charge in [-0.1, -0.05) is 0 Å². The van der Waals surface area contributed by atoms with E-state index >= 15 is 0 Å². The lowest BCUT2D eigenvalue weighted by Gasteiger charge is -2.17. The van der Waals surface area contributed by atoms with E-state index in [0.29, 0.717) is 11.3 Å². The van der Waals surface area contributed by atoms with Gasteiger partial charge in [0.2, 0.25) is 11.9 Å². The fourth-order valence-electron chi connectivity index (χ4n) is 1.72. The monoisotopic (exact) mass is 210 g/mol. The maximum Gasteiger partial charge on any atom is 0.229 e. The van der Waals surface area contributed by atoms with Gasteiger partial charge in [0.1, 0.15) is 0 Å². The number of anilines is 1. The Hall–Kier alpha value is -1.49. The number of rotatable bonds is 1. The van der Waals surface area contributed by atoms with Gasteiger partial charge in [0.15, 0.2) is 0 Å². The highest BCUT2D eigenvalue weighted by molar-refractivity contribution is 5.96. The number of aliphatic hydroxyl groups excluding tert-OH is 1. The average Bonchev–Trinajstić information content (AvgIpc) is 2.45. The van der Waals surface area contributed by atoms with Gasteiger partial charge in [0, 0.05) is 0 Å². The molecule has 1 aliphatic rings. The molecule has 1 aromatic heterocycles. The summed E-state index contributed by atoms with van der Waals surface area (Å²) in [6.07, 6.45) is 0.805. The molecule has 0 saturated carbocycles. The van der Waals surface area contributed by atoms with Crippen LogP contribution in [0.5, 0.6) is 0 Å². The number of pyridine rings is 1. The molecule has 1 unspecified atom stereocenters. The van der Waals surface area contributed by atoms with Crippen LogP contribution in [0.25, 0.3) is 0 Å². The number of aryl methyl sites for hydroxylation is 1. The Morgan fingerprint density at radius 2 is 2.40 bits per heavy atom. The molecule has 1 saturated heterocycles. The number of carbonyl (C=O) groups is 1. The topological polar surface area (TPSA) is 53.4 Å². The van der Waals surface area contributed by atoms with Crippen molar-refractivity contribution < 1.29 is 14.3 Å². The first kappa shape index (κ1) is 10.0. The predicted molar refractivity (Wildman–Crippen MR) is 51.9 cm³/mol. The van der Waals surface area contributed by atoms with E-state index in [1.807, 2.05) is 0 Å². The number of nitrogens with zero attached hydrogens (tertiary/aromatic N) is 2. The molecule has 0 spiro atoms. The zero-order chi connectivity index (χ0) is 11.0. The number of hydrogen-bond donors (Lipinski definition) is 1. The molecule has 1 aromatic rings. The number of amides is 1. The maximum absolute atomic E-state index is 12.7. The van der Waals surface area contributed by atoms with Gasteiger partial charge in [-0.15, -0.1) is 0 Å². The van der Waals surface area contributed by atoms with Gasteiger partial charge in [-0.05, 0) is 18.6 Å². The molecule has 80 valence electrons. The third-order valence-electron chi connectivity index (χ3n) is 2.45. The number of β-amino-alcohol motifs (C(OH)–C–C–N with tert-alkyl or cyclic N) is 1. The van der Waals surface area contributed by atoms with Gasteiger partial charge >= 0.3 is 0 Å². The van der Waals surface area contributed by atoms with Crippen molar-refractivity contribution in [2.75, 3.05) is 11.4 Å². The second-order valence-electron chi connectivity index (χ2n) is 3.66. The predicted octanol–water partition coefficient (Wildman–Crippen LogP) is 0.627. The van der Waals surface area contributed by atoms with Crippen LogP contribution in [0, 0.1) is 12.9 Å². The molecule has 0 aromatic carbocycles. The van der Waals surface area contributed by atoms with Crippen LogP contribution >= 0.6 is 0 Å². The highest BCUT2D eigenvalue weighted by Gasteiger charge is 2.30. The molecule has 1 fully saturated rings. The van der Waals surface area contributed by atoms with E-state index in [9.17, 15) is 14.3 Å². The molecule has 5 heteroatoms. The van der Waals surface area contributed by atoms with Gasteiger partial charge in [0.25, 0.3) is 0 Å². The fraction of sp³-hybridized carbons (Fsp3) is 0.400. The van der Waals surface area contributed by atoms with Crippen LogP contribution in [-0.2, 0) is 4.79 Å². The molecule has 1 atom stereocenters. The second kappa shape index (κ2) is 3.58.